The van der Waals surface area contributed by atoms with Gasteiger partial charge in [0.05, 0.1) is 11.5 Å². The van der Waals surface area contributed by atoms with Gasteiger partial charge < -0.3 is 9.84 Å². The van der Waals surface area contributed by atoms with E-state index in [0.717, 1.165) is 26.2 Å². The summed E-state index contributed by atoms with van der Waals surface area (Å²) >= 11 is 1.61. The quantitative estimate of drug-likeness (QED) is 0.550. The molecule has 0 fully saturated rings. The van der Waals surface area contributed by atoms with E-state index >= 15 is 0 Å². The van der Waals surface area contributed by atoms with E-state index in [1.54, 1.807) is 18.3 Å². The zero-order valence-corrected chi connectivity index (χ0v) is 14.4. The summed E-state index contributed by atoms with van der Waals surface area (Å²) < 4.78 is 5.98. The topological polar surface area (TPSA) is 55.2 Å². The van der Waals surface area contributed by atoms with Crippen molar-refractivity contribution < 1.29 is 9.84 Å². The lowest BCUT2D eigenvalue weighted by molar-refractivity contribution is 0.199. The third-order valence-corrected chi connectivity index (χ3v) is 5.00. The first kappa shape index (κ1) is 15.7. The van der Waals surface area contributed by atoms with Crippen LogP contribution in [0.5, 0.6) is 11.6 Å². The van der Waals surface area contributed by atoms with Crippen molar-refractivity contribution >= 4 is 21.6 Å². The van der Waals surface area contributed by atoms with Gasteiger partial charge in [0.15, 0.2) is 0 Å². The van der Waals surface area contributed by atoms with Crippen LogP contribution in [0.4, 0.5) is 0 Å². The number of thiophene rings is 1. The highest BCUT2D eigenvalue weighted by atomic mass is 32.1. The predicted molar refractivity (Wildman–Crippen MR) is 100 cm³/mol. The summed E-state index contributed by atoms with van der Waals surface area (Å²) in [6.45, 7) is 1.73. The molecule has 1 N–H and O–H groups in total. The fourth-order valence-electron chi connectivity index (χ4n) is 2.61. The van der Waals surface area contributed by atoms with Gasteiger partial charge in [-0.2, -0.15) is 0 Å². The smallest absolute Gasteiger partial charge is 0.231 e. The van der Waals surface area contributed by atoms with Crippen LogP contribution >= 0.6 is 11.3 Å². The molecule has 25 heavy (non-hydrogen) atoms. The van der Waals surface area contributed by atoms with Gasteiger partial charge in [-0.15, -0.1) is 11.3 Å². The van der Waals surface area contributed by atoms with Gasteiger partial charge in [-0.1, -0.05) is 42.5 Å². The number of ether oxygens (including phenoxy) is 1. The van der Waals surface area contributed by atoms with E-state index in [2.05, 4.69) is 28.2 Å². The van der Waals surface area contributed by atoms with Crippen LogP contribution in [0.15, 0.2) is 67.0 Å². The molecule has 4 aromatic rings. The van der Waals surface area contributed by atoms with Crippen LogP contribution in [0, 0.1) is 0 Å². The first-order valence-electron chi connectivity index (χ1n) is 7.96. The van der Waals surface area contributed by atoms with E-state index in [9.17, 15) is 5.11 Å². The van der Waals surface area contributed by atoms with Crippen LogP contribution in [0.25, 0.3) is 20.7 Å². The van der Waals surface area contributed by atoms with Crippen molar-refractivity contribution in [3.8, 4) is 22.1 Å². The minimum absolute atomic E-state index is 0.520. The van der Waals surface area contributed by atoms with E-state index in [1.807, 2.05) is 42.5 Å². The lowest BCUT2D eigenvalue weighted by Gasteiger charge is -2.09. The summed E-state index contributed by atoms with van der Waals surface area (Å²) in [5, 5.41) is 10.6. The van der Waals surface area contributed by atoms with Crippen molar-refractivity contribution in [3.63, 3.8) is 0 Å². The van der Waals surface area contributed by atoms with Gasteiger partial charge in [0.25, 0.3) is 0 Å². The molecule has 2 heterocycles. The molecule has 1 atom stereocenters. The summed E-state index contributed by atoms with van der Waals surface area (Å²) in [7, 11) is 0. The van der Waals surface area contributed by atoms with Crippen LogP contribution in [-0.2, 0) is 0 Å². The molecule has 0 aliphatic carbocycles. The third kappa shape index (κ3) is 3.24. The molecule has 0 aliphatic rings. The first-order chi connectivity index (χ1) is 12.2. The second kappa shape index (κ2) is 6.63. The molecule has 0 radical (unpaired) electrons. The summed E-state index contributed by atoms with van der Waals surface area (Å²) in [6.07, 6.45) is 0.973. The second-order valence-electron chi connectivity index (χ2n) is 5.72. The number of fused-ring (bicyclic) bond motifs is 1. The molecule has 0 saturated carbocycles. The van der Waals surface area contributed by atoms with Gasteiger partial charge in [0, 0.05) is 4.88 Å². The Balaban J connectivity index is 1.73. The van der Waals surface area contributed by atoms with E-state index in [-0.39, 0.29) is 0 Å². The second-order valence-corrected chi connectivity index (χ2v) is 6.76. The van der Waals surface area contributed by atoms with Crippen molar-refractivity contribution in [2.75, 3.05) is 0 Å². The zero-order valence-electron chi connectivity index (χ0n) is 13.6. The Morgan fingerprint density at radius 3 is 2.64 bits per heavy atom. The predicted octanol–water partition coefficient (Wildman–Crippen LogP) is 5.20. The Morgan fingerprint density at radius 2 is 1.84 bits per heavy atom. The lowest BCUT2D eigenvalue weighted by atomic mass is 10.1. The van der Waals surface area contributed by atoms with Gasteiger partial charge in [-0.05, 0) is 36.2 Å². The third-order valence-electron chi connectivity index (χ3n) is 3.91. The lowest BCUT2D eigenvalue weighted by Crippen LogP contribution is -1.93. The van der Waals surface area contributed by atoms with Gasteiger partial charge in [-0.3, -0.25) is 0 Å². The van der Waals surface area contributed by atoms with Gasteiger partial charge in [-0.25, -0.2) is 9.97 Å². The molecule has 0 spiro atoms. The number of aliphatic hydroxyl groups excluding tert-OH is 1. The fourth-order valence-corrected chi connectivity index (χ4v) is 3.60. The highest BCUT2D eigenvalue weighted by Gasteiger charge is 2.12. The molecule has 4 rings (SSSR count). The summed E-state index contributed by atoms with van der Waals surface area (Å²) in [5.74, 6) is 1.16. The highest BCUT2D eigenvalue weighted by Crippen LogP contribution is 2.37. The van der Waals surface area contributed by atoms with Crippen LogP contribution < -0.4 is 4.74 Å². The molecule has 0 saturated heterocycles. The standard InChI is InChI=1S/C20H16N2O2S/c1-13(23)15-8-5-9-16(10-15)24-19-17-11-18(14-6-3-2-4-7-14)25-20(17)22-12-21-19/h2-13,23H,1H3. The molecular weight excluding hydrogens is 332 g/mol. The monoisotopic (exact) mass is 348 g/mol. The first-order valence-corrected chi connectivity index (χ1v) is 8.78. The van der Waals surface area contributed by atoms with E-state index in [1.165, 1.54) is 6.33 Å². The van der Waals surface area contributed by atoms with Crippen molar-refractivity contribution in [1.82, 2.24) is 9.97 Å². The number of hydrogen-bond donors (Lipinski definition) is 1. The molecule has 124 valence electrons. The van der Waals surface area contributed by atoms with Crippen LogP contribution in [-0.4, -0.2) is 15.1 Å². The number of rotatable bonds is 4. The average molecular weight is 348 g/mol. The summed E-state index contributed by atoms with van der Waals surface area (Å²) in [6, 6.07) is 19.6. The minimum atomic E-state index is -0.542. The molecule has 0 aliphatic heterocycles. The normalized spacial score (nSPS) is 12.2. The highest BCUT2D eigenvalue weighted by molar-refractivity contribution is 7.21. The minimum Gasteiger partial charge on any atom is -0.438 e. The van der Waals surface area contributed by atoms with Gasteiger partial charge in [0.2, 0.25) is 5.88 Å². The molecular formula is C20H16N2O2S. The van der Waals surface area contributed by atoms with Gasteiger partial charge >= 0.3 is 0 Å². The maximum absolute atomic E-state index is 9.74. The van der Waals surface area contributed by atoms with E-state index in [4.69, 9.17) is 4.74 Å². The van der Waals surface area contributed by atoms with Gasteiger partial charge in [0.1, 0.15) is 16.9 Å². The Morgan fingerprint density at radius 1 is 1.00 bits per heavy atom. The number of hydrogen-bond acceptors (Lipinski definition) is 5. The molecule has 2 aromatic heterocycles. The molecule has 2 aromatic carbocycles. The Hall–Kier alpha value is -2.76. The summed E-state index contributed by atoms with van der Waals surface area (Å²) in [5.41, 5.74) is 1.95. The van der Waals surface area contributed by atoms with E-state index < -0.39 is 6.10 Å². The zero-order chi connectivity index (χ0) is 17.2. The van der Waals surface area contributed by atoms with Crippen molar-refractivity contribution in [2.24, 2.45) is 0 Å². The summed E-state index contributed by atoms with van der Waals surface area (Å²) in [4.78, 5) is 10.7. The van der Waals surface area contributed by atoms with Crippen LogP contribution in [0.3, 0.4) is 0 Å². The Bertz CT molecular complexity index is 1010. The number of aliphatic hydroxyl groups is 1. The fraction of sp³-hybridized carbons (Fsp3) is 0.100. The van der Waals surface area contributed by atoms with Crippen molar-refractivity contribution in [1.29, 1.82) is 0 Å². The number of benzene rings is 2. The van der Waals surface area contributed by atoms with Crippen molar-refractivity contribution in [2.45, 2.75) is 13.0 Å². The maximum atomic E-state index is 9.74. The Kier molecular flexibility index (Phi) is 4.17. The molecule has 0 bridgehead atoms. The molecule has 4 nitrogen and oxygen atoms in total. The molecule has 1 unspecified atom stereocenters. The number of aromatic nitrogens is 2. The largest absolute Gasteiger partial charge is 0.438 e. The number of nitrogens with zero attached hydrogens (tertiary/aromatic N) is 2. The SMILES string of the molecule is CC(O)c1cccc(Oc2ncnc3sc(-c4ccccc4)cc23)c1. The maximum Gasteiger partial charge on any atom is 0.231 e. The van der Waals surface area contributed by atoms with Crippen molar-refractivity contribution in [3.05, 3.63) is 72.6 Å². The van der Waals surface area contributed by atoms with E-state index in [0.29, 0.717) is 11.6 Å². The molecule has 5 heteroatoms. The van der Waals surface area contributed by atoms with Crippen LogP contribution in [0.2, 0.25) is 0 Å². The molecule has 0 amide bonds. The van der Waals surface area contributed by atoms with Crippen LogP contribution in [0.1, 0.15) is 18.6 Å². The Labute approximate surface area is 149 Å². The average Bonchev–Trinajstić information content (AvgIpc) is 3.08.